The van der Waals surface area contributed by atoms with Gasteiger partial charge in [-0.1, -0.05) is 13.3 Å². The van der Waals surface area contributed by atoms with Gasteiger partial charge in [-0.15, -0.1) is 0 Å². The summed E-state index contributed by atoms with van der Waals surface area (Å²) in [5.74, 6) is -0.305. The normalized spacial score (nSPS) is 13.9. The summed E-state index contributed by atoms with van der Waals surface area (Å²) in [5, 5.41) is 0. The summed E-state index contributed by atoms with van der Waals surface area (Å²) in [6, 6.07) is 0. The van der Waals surface area contributed by atoms with Crippen molar-refractivity contribution in [3.8, 4) is 0 Å². The summed E-state index contributed by atoms with van der Waals surface area (Å²) in [7, 11) is 0. The van der Waals surface area contributed by atoms with Crippen LogP contribution in [0.15, 0.2) is 0 Å². The minimum Gasteiger partial charge on any atom is -0.460 e. The fourth-order valence-electron chi connectivity index (χ4n) is 1.07. The zero-order chi connectivity index (χ0) is 10.5. The quantitative estimate of drug-likeness (QED) is 0.681. The summed E-state index contributed by atoms with van der Waals surface area (Å²) >= 11 is 0. The van der Waals surface area contributed by atoms with Gasteiger partial charge < -0.3 is 10.5 Å². The first-order valence-electron chi connectivity index (χ1n) is 4.83. The third-order valence-corrected chi connectivity index (χ3v) is 1.66. The van der Waals surface area contributed by atoms with Crippen LogP contribution in [0.5, 0.6) is 0 Å². The number of hydrogen-bond donors (Lipinski definition) is 1. The van der Waals surface area contributed by atoms with Crippen LogP contribution < -0.4 is 5.73 Å². The number of esters is 1. The molecule has 1 unspecified atom stereocenters. The van der Waals surface area contributed by atoms with E-state index < -0.39 is 5.60 Å². The monoisotopic (exact) mass is 187 g/mol. The molecule has 0 bridgehead atoms. The molecule has 0 aromatic carbocycles. The minimum atomic E-state index is -0.405. The molecule has 0 radical (unpaired) electrons. The van der Waals surface area contributed by atoms with E-state index in [4.69, 9.17) is 10.5 Å². The highest BCUT2D eigenvalue weighted by atomic mass is 16.6. The predicted molar refractivity (Wildman–Crippen MR) is 53.3 cm³/mol. The van der Waals surface area contributed by atoms with Gasteiger partial charge >= 0.3 is 5.97 Å². The van der Waals surface area contributed by atoms with Gasteiger partial charge in [0.1, 0.15) is 5.60 Å². The van der Waals surface area contributed by atoms with E-state index in [-0.39, 0.29) is 11.9 Å². The maximum absolute atomic E-state index is 11.5. The van der Waals surface area contributed by atoms with Gasteiger partial charge in [0.15, 0.2) is 0 Å². The molecule has 0 aromatic rings. The van der Waals surface area contributed by atoms with E-state index in [0.717, 1.165) is 12.8 Å². The summed E-state index contributed by atoms with van der Waals surface area (Å²) in [6.45, 7) is 8.01. The molecule has 2 N–H and O–H groups in total. The Bertz CT molecular complexity index is 161. The Labute approximate surface area is 80.6 Å². The van der Waals surface area contributed by atoms with Crippen LogP contribution in [0.1, 0.15) is 40.5 Å². The van der Waals surface area contributed by atoms with Crippen molar-refractivity contribution in [1.82, 2.24) is 0 Å². The van der Waals surface area contributed by atoms with Gasteiger partial charge in [0.25, 0.3) is 0 Å². The zero-order valence-corrected chi connectivity index (χ0v) is 9.09. The lowest BCUT2D eigenvalue weighted by Gasteiger charge is -2.23. The second-order valence-electron chi connectivity index (χ2n) is 4.25. The molecule has 1 atom stereocenters. The standard InChI is InChI=1S/C10H21NO2/c1-5-6-8(7-11)9(12)13-10(2,3)4/h8H,5-7,11H2,1-4H3. The Balaban J connectivity index is 4.06. The van der Waals surface area contributed by atoms with Crippen molar-refractivity contribution in [2.45, 2.75) is 46.1 Å². The highest BCUT2D eigenvalue weighted by Crippen LogP contribution is 2.13. The van der Waals surface area contributed by atoms with Gasteiger partial charge in [0.05, 0.1) is 5.92 Å². The molecule has 0 saturated heterocycles. The summed E-state index contributed by atoms with van der Waals surface area (Å²) < 4.78 is 5.22. The Morgan fingerprint density at radius 3 is 2.31 bits per heavy atom. The van der Waals surface area contributed by atoms with Crippen LogP contribution in [0, 0.1) is 5.92 Å². The number of nitrogens with two attached hydrogens (primary N) is 1. The van der Waals surface area contributed by atoms with Crippen LogP contribution in [0.25, 0.3) is 0 Å². The second-order valence-corrected chi connectivity index (χ2v) is 4.25. The van der Waals surface area contributed by atoms with E-state index in [9.17, 15) is 4.79 Å². The molecular weight excluding hydrogens is 166 g/mol. The smallest absolute Gasteiger partial charge is 0.310 e. The van der Waals surface area contributed by atoms with Crippen molar-refractivity contribution >= 4 is 5.97 Å². The van der Waals surface area contributed by atoms with Crippen LogP contribution in [-0.2, 0) is 9.53 Å². The van der Waals surface area contributed by atoms with E-state index >= 15 is 0 Å². The molecule has 0 aliphatic rings. The fraction of sp³-hybridized carbons (Fsp3) is 0.900. The molecule has 0 amide bonds. The molecular formula is C10H21NO2. The molecule has 0 aliphatic heterocycles. The number of rotatable bonds is 4. The van der Waals surface area contributed by atoms with E-state index in [0.29, 0.717) is 6.54 Å². The SMILES string of the molecule is CCCC(CN)C(=O)OC(C)(C)C. The first-order valence-corrected chi connectivity index (χ1v) is 4.83. The molecule has 78 valence electrons. The van der Waals surface area contributed by atoms with Crippen molar-refractivity contribution in [3.05, 3.63) is 0 Å². The van der Waals surface area contributed by atoms with Gasteiger partial charge in [0, 0.05) is 6.54 Å². The largest absolute Gasteiger partial charge is 0.460 e. The molecule has 0 heterocycles. The van der Waals surface area contributed by atoms with E-state index in [1.165, 1.54) is 0 Å². The molecule has 3 heteroatoms. The maximum atomic E-state index is 11.5. The van der Waals surface area contributed by atoms with Crippen LogP contribution in [0.4, 0.5) is 0 Å². The lowest BCUT2D eigenvalue weighted by Crippen LogP contribution is -2.32. The zero-order valence-electron chi connectivity index (χ0n) is 9.09. The number of carbonyl (C=O) groups is 1. The van der Waals surface area contributed by atoms with Crippen molar-refractivity contribution in [2.24, 2.45) is 11.7 Å². The summed E-state index contributed by atoms with van der Waals surface area (Å²) in [4.78, 5) is 11.5. The first kappa shape index (κ1) is 12.4. The average Bonchev–Trinajstić information content (AvgIpc) is 1.96. The lowest BCUT2D eigenvalue weighted by atomic mass is 10.0. The van der Waals surface area contributed by atoms with E-state index in [2.05, 4.69) is 0 Å². The van der Waals surface area contributed by atoms with Crippen LogP contribution in [0.3, 0.4) is 0 Å². The Hall–Kier alpha value is -0.570. The highest BCUT2D eigenvalue weighted by molar-refractivity contribution is 5.73. The van der Waals surface area contributed by atoms with Crippen molar-refractivity contribution in [1.29, 1.82) is 0 Å². The van der Waals surface area contributed by atoms with Gasteiger partial charge in [-0.25, -0.2) is 0 Å². The number of carbonyl (C=O) groups excluding carboxylic acids is 1. The van der Waals surface area contributed by atoms with Gasteiger partial charge in [-0.2, -0.15) is 0 Å². The first-order chi connectivity index (χ1) is 5.90. The van der Waals surface area contributed by atoms with Crippen molar-refractivity contribution in [3.63, 3.8) is 0 Å². The van der Waals surface area contributed by atoms with Crippen molar-refractivity contribution in [2.75, 3.05) is 6.54 Å². The van der Waals surface area contributed by atoms with E-state index in [1.54, 1.807) is 0 Å². The molecule has 0 spiro atoms. The molecule has 13 heavy (non-hydrogen) atoms. The molecule has 3 nitrogen and oxygen atoms in total. The number of hydrogen-bond acceptors (Lipinski definition) is 3. The highest BCUT2D eigenvalue weighted by Gasteiger charge is 2.22. The molecule has 0 aromatic heterocycles. The van der Waals surface area contributed by atoms with Gasteiger partial charge in [-0.3, -0.25) is 4.79 Å². The van der Waals surface area contributed by atoms with E-state index in [1.807, 2.05) is 27.7 Å². The molecule has 0 aliphatic carbocycles. The molecule has 0 fully saturated rings. The fourth-order valence-corrected chi connectivity index (χ4v) is 1.07. The van der Waals surface area contributed by atoms with Crippen LogP contribution >= 0.6 is 0 Å². The maximum Gasteiger partial charge on any atom is 0.310 e. The third-order valence-electron chi connectivity index (χ3n) is 1.66. The topological polar surface area (TPSA) is 52.3 Å². The Morgan fingerprint density at radius 1 is 1.46 bits per heavy atom. The van der Waals surface area contributed by atoms with Gasteiger partial charge in [0.2, 0.25) is 0 Å². The molecule has 0 rings (SSSR count). The second kappa shape index (κ2) is 5.22. The predicted octanol–water partition coefficient (Wildman–Crippen LogP) is 1.70. The van der Waals surface area contributed by atoms with Gasteiger partial charge in [-0.05, 0) is 27.2 Å². The lowest BCUT2D eigenvalue weighted by molar-refractivity contribution is -0.159. The summed E-state index contributed by atoms with van der Waals surface area (Å²) in [6.07, 6.45) is 1.77. The average molecular weight is 187 g/mol. The Kier molecular flexibility index (Phi) is 4.99. The summed E-state index contributed by atoms with van der Waals surface area (Å²) in [5.41, 5.74) is 5.07. The molecule has 0 saturated carbocycles. The van der Waals surface area contributed by atoms with Crippen LogP contribution in [-0.4, -0.2) is 18.1 Å². The third kappa shape index (κ3) is 5.64. The Morgan fingerprint density at radius 2 is 2.00 bits per heavy atom. The van der Waals surface area contributed by atoms with Crippen molar-refractivity contribution < 1.29 is 9.53 Å². The van der Waals surface area contributed by atoms with Crippen LogP contribution in [0.2, 0.25) is 0 Å². The minimum absolute atomic E-state index is 0.135. The number of ether oxygens (including phenoxy) is 1.